The fourth-order valence-corrected chi connectivity index (χ4v) is 2.41. The number of carboxylic acids is 1. The van der Waals surface area contributed by atoms with Crippen molar-refractivity contribution in [1.29, 1.82) is 0 Å². The average molecular weight is 269 g/mol. The highest BCUT2D eigenvalue weighted by molar-refractivity contribution is 5.85. The Morgan fingerprint density at radius 1 is 1.32 bits per heavy atom. The van der Waals surface area contributed by atoms with Crippen LogP contribution in [0.25, 0.3) is 0 Å². The van der Waals surface area contributed by atoms with Crippen molar-refractivity contribution in [2.24, 2.45) is 11.8 Å². The number of allylic oxidation sites excluding steroid dienone is 2. The summed E-state index contributed by atoms with van der Waals surface area (Å²) in [7, 11) is 0. The molecule has 0 aromatic rings. The van der Waals surface area contributed by atoms with Gasteiger partial charge in [0.15, 0.2) is 0 Å². The highest BCUT2D eigenvalue weighted by atomic mass is 16.4. The van der Waals surface area contributed by atoms with Crippen LogP contribution in [-0.2, 0) is 9.59 Å². The minimum atomic E-state index is -0.940. The molecule has 0 aromatic heterocycles. The largest absolute Gasteiger partial charge is 0.481 e. The highest BCUT2D eigenvalue weighted by Gasteiger charge is 2.34. The Labute approximate surface area is 113 Å². The molecule has 1 amide bonds. The van der Waals surface area contributed by atoms with Gasteiger partial charge in [-0.3, -0.25) is 9.59 Å². The van der Waals surface area contributed by atoms with Gasteiger partial charge in [-0.1, -0.05) is 25.5 Å². The average Bonchev–Trinajstić information content (AvgIpc) is 2.36. The van der Waals surface area contributed by atoms with Gasteiger partial charge in [-0.2, -0.15) is 0 Å². The van der Waals surface area contributed by atoms with Crippen LogP contribution in [0.2, 0.25) is 0 Å². The number of amides is 1. The Morgan fingerprint density at radius 2 is 1.89 bits per heavy atom. The van der Waals surface area contributed by atoms with Gasteiger partial charge < -0.3 is 15.5 Å². The lowest BCUT2D eigenvalue weighted by Crippen LogP contribution is -2.45. The van der Waals surface area contributed by atoms with Crippen LogP contribution in [-0.4, -0.2) is 34.2 Å². The van der Waals surface area contributed by atoms with E-state index < -0.39 is 23.4 Å². The van der Waals surface area contributed by atoms with Crippen molar-refractivity contribution in [2.45, 2.75) is 45.1 Å². The zero-order valence-electron chi connectivity index (χ0n) is 11.6. The summed E-state index contributed by atoms with van der Waals surface area (Å²) in [6.45, 7) is 3.79. The smallest absolute Gasteiger partial charge is 0.307 e. The molecule has 0 bridgehead atoms. The molecule has 0 saturated carbocycles. The molecule has 1 aliphatic rings. The summed E-state index contributed by atoms with van der Waals surface area (Å²) < 4.78 is 0. The monoisotopic (exact) mass is 269 g/mol. The number of hydrogen-bond donors (Lipinski definition) is 3. The number of aliphatic hydroxyl groups is 1. The quantitative estimate of drug-likeness (QED) is 0.635. The Hall–Kier alpha value is -1.36. The molecule has 1 unspecified atom stereocenters. The van der Waals surface area contributed by atoms with E-state index in [1.54, 1.807) is 13.0 Å². The van der Waals surface area contributed by atoms with Gasteiger partial charge in [0.25, 0.3) is 0 Å². The predicted octanol–water partition coefficient (Wildman–Crippen LogP) is 1.32. The maximum atomic E-state index is 12.0. The molecule has 5 heteroatoms. The summed E-state index contributed by atoms with van der Waals surface area (Å²) in [6.07, 6.45) is 5.90. The number of aliphatic carboxylic acids is 1. The van der Waals surface area contributed by atoms with Gasteiger partial charge >= 0.3 is 5.97 Å². The van der Waals surface area contributed by atoms with Gasteiger partial charge in [0.1, 0.15) is 0 Å². The molecule has 108 valence electrons. The molecule has 0 spiro atoms. The van der Waals surface area contributed by atoms with Crippen molar-refractivity contribution in [3.63, 3.8) is 0 Å². The molecule has 0 saturated heterocycles. The maximum Gasteiger partial charge on any atom is 0.307 e. The van der Waals surface area contributed by atoms with E-state index in [2.05, 4.69) is 5.32 Å². The van der Waals surface area contributed by atoms with Gasteiger partial charge in [0.2, 0.25) is 5.91 Å². The number of carbonyl (C=O) groups is 2. The van der Waals surface area contributed by atoms with Crippen LogP contribution in [0.15, 0.2) is 12.2 Å². The van der Waals surface area contributed by atoms with Crippen molar-refractivity contribution in [2.75, 3.05) is 6.54 Å². The lowest BCUT2D eigenvalue weighted by Gasteiger charge is -2.27. The second-order valence-corrected chi connectivity index (χ2v) is 5.46. The van der Waals surface area contributed by atoms with E-state index >= 15 is 0 Å². The van der Waals surface area contributed by atoms with Crippen molar-refractivity contribution < 1.29 is 19.8 Å². The summed E-state index contributed by atoms with van der Waals surface area (Å²) in [5.41, 5.74) is -0.937. The van der Waals surface area contributed by atoms with Crippen molar-refractivity contribution in [3.05, 3.63) is 12.2 Å². The first kappa shape index (κ1) is 15.7. The Kier molecular flexibility index (Phi) is 5.54. The summed E-state index contributed by atoms with van der Waals surface area (Å²) in [6, 6.07) is 0. The van der Waals surface area contributed by atoms with Gasteiger partial charge in [-0.25, -0.2) is 0 Å². The van der Waals surface area contributed by atoms with Crippen molar-refractivity contribution in [3.8, 4) is 0 Å². The van der Waals surface area contributed by atoms with Gasteiger partial charge in [-0.05, 0) is 26.2 Å². The number of rotatable bonds is 6. The topological polar surface area (TPSA) is 86.6 Å². The third kappa shape index (κ3) is 4.67. The molecule has 0 heterocycles. The van der Waals surface area contributed by atoms with E-state index in [0.717, 1.165) is 6.42 Å². The highest BCUT2D eigenvalue weighted by Crippen LogP contribution is 2.26. The first-order valence-corrected chi connectivity index (χ1v) is 6.75. The van der Waals surface area contributed by atoms with E-state index in [4.69, 9.17) is 5.11 Å². The predicted molar refractivity (Wildman–Crippen MR) is 71.5 cm³/mol. The van der Waals surface area contributed by atoms with Crippen LogP contribution in [0.3, 0.4) is 0 Å². The Bertz CT molecular complexity index is 362. The first-order valence-electron chi connectivity index (χ1n) is 6.75. The second kappa shape index (κ2) is 6.70. The molecule has 3 atom stereocenters. The molecule has 1 rings (SSSR count). The molecule has 0 fully saturated rings. The fraction of sp³-hybridized carbons (Fsp3) is 0.714. The lowest BCUT2D eigenvalue weighted by molar-refractivity contribution is -0.147. The SMILES string of the molecule is CCCC(C)(O)CNC(=O)[C@@H]1CC=CC[C@@H]1C(=O)O. The van der Waals surface area contributed by atoms with Gasteiger partial charge in [0, 0.05) is 6.54 Å². The van der Waals surface area contributed by atoms with E-state index in [1.165, 1.54) is 0 Å². The second-order valence-electron chi connectivity index (χ2n) is 5.46. The minimum Gasteiger partial charge on any atom is -0.481 e. The van der Waals surface area contributed by atoms with Crippen LogP contribution in [0.4, 0.5) is 0 Å². The molecule has 0 aromatic carbocycles. The first-order chi connectivity index (χ1) is 8.87. The number of hydrogen-bond acceptors (Lipinski definition) is 3. The fourth-order valence-electron chi connectivity index (χ4n) is 2.41. The van der Waals surface area contributed by atoms with E-state index in [-0.39, 0.29) is 12.5 Å². The Morgan fingerprint density at radius 3 is 2.42 bits per heavy atom. The lowest BCUT2D eigenvalue weighted by atomic mass is 9.82. The standard InChI is InChI=1S/C14H23NO4/c1-3-8-14(2,19)9-15-12(16)10-6-4-5-7-11(10)13(17)18/h4-5,10-11,19H,3,6-9H2,1-2H3,(H,15,16)(H,17,18)/t10-,11+,14?/m1/s1. The van der Waals surface area contributed by atoms with Crippen LogP contribution in [0.5, 0.6) is 0 Å². The normalized spacial score (nSPS) is 25.6. The molecule has 5 nitrogen and oxygen atoms in total. The molecule has 19 heavy (non-hydrogen) atoms. The van der Waals surface area contributed by atoms with E-state index in [9.17, 15) is 14.7 Å². The summed E-state index contributed by atoms with van der Waals surface area (Å²) in [5, 5.41) is 21.8. The zero-order valence-corrected chi connectivity index (χ0v) is 11.6. The zero-order chi connectivity index (χ0) is 14.5. The molecule has 0 aliphatic heterocycles. The summed E-state index contributed by atoms with van der Waals surface area (Å²) >= 11 is 0. The number of nitrogens with one attached hydrogen (secondary N) is 1. The van der Waals surface area contributed by atoms with Crippen molar-refractivity contribution in [1.82, 2.24) is 5.32 Å². The molecular weight excluding hydrogens is 246 g/mol. The number of carboxylic acid groups (broad SMARTS) is 1. The molecule has 0 radical (unpaired) electrons. The number of carbonyl (C=O) groups excluding carboxylic acids is 1. The van der Waals surface area contributed by atoms with E-state index in [0.29, 0.717) is 19.3 Å². The summed E-state index contributed by atoms with van der Waals surface area (Å²) in [4.78, 5) is 23.2. The van der Waals surface area contributed by atoms with Crippen LogP contribution >= 0.6 is 0 Å². The third-order valence-corrected chi connectivity index (χ3v) is 3.52. The molecule has 3 N–H and O–H groups in total. The van der Waals surface area contributed by atoms with Gasteiger partial charge in [0.05, 0.1) is 17.4 Å². The van der Waals surface area contributed by atoms with E-state index in [1.807, 2.05) is 13.0 Å². The van der Waals surface area contributed by atoms with Crippen LogP contribution in [0, 0.1) is 11.8 Å². The minimum absolute atomic E-state index is 0.159. The van der Waals surface area contributed by atoms with Crippen LogP contribution < -0.4 is 5.32 Å². The van der Waals surface area contributed by atoms with Crippen molar-refractivity contribution >= 4 is 11.9 Å². The molecular formula is C14H23NO4. The third-order valence-electron chi connectivity index (χ3n) is 3.52. The molecule has 1 aliphatic carbocycles. The van der Waals surface area contributed by atoms with Crippen LogP contribution in [0.1, 0.15) is 39.5 Å². The Balaban J connectivity index is 2.57. The summed E-state index contributed by atoms with van der Waals surface area (Å²) in [5.74, 6) is -2.43. The van der Waals surface area contributed by atoms with Gasteiger partial charge in [-0.15, -0.1) is 0 Å². The maximum absolute atomic E-state index is 12.0.